The van der Waals surface area contributed by atoms with Crippen LogP contribution in [0.3, 0.4) is 0 Å². The molecule has 0 fully saturated rings. The molecule has 4 rings (SSSR count). The van der Waals surface area contributed by atoms with E-state index in [-0.39, 0.29) is 11.8 Å². The molecule has 1 aliphatic rings. The third kappa shape index (κ3) is 4.21. The number of anilines is 1. The Morgan fingerprint density at radius 1 is 0.758 bits per heavy atom. The molecule has 0 bridgehead atoms. The number of aryl methyl sites for hydroxylation is 4. The SMILES string of the molecule is CCN(Cc1ccccc1)C1=C(c2ccc(C)cc2C)C(=O)N(c2ccc(C)cc2C)C1=O. The average Bonchev–Trinajstić information content (AvgIpc) is 3.03. The summed E-state index contributed by atoms with van der Waals surface area (Å²) in [5.74, 6) is -0.528. The lowest BCUT2D eigenvalue weighted by Gasteiger charge is -2.25. The number of amides is 2. The summed E-state index contributed by atoms with van der Waals surface area (Å²) in [7, 11) is 0. The van der Waals surface area contributed by atoms with Crippen molar-refractivity contribution in [2.45, 2.75) is 41.2 Å². The zero-order chi connectivity index (χ0) is 23.7. The number of imide groups is 1. The maximum atomic E-state index is 13.9. The zero-order valence-corrected chi connectivity index (χ0v) is 20.0. The molecule has 0 aliphatic carbocycles. The van der Waals surface area contributed by atoms with Crippen molar-refractivity contribution in [2.75, 3.05) is 11.4 Å². The summed E-state index contributed by atoms with van der Waals surface area (Å²) >= 11 is 0. The first kappa shape index (κ1) is 22.5. The van der Waals surface area contributed by atoms with Gasteiger partial charge in [-0.2, -0.15) is 0 Å². The van der Waals surface area contributed by atoms with Gasteiger partial charge in [0.15, 0.2) is 0 Å². The van der Waals surface area contributed by atoms with Crippen LogP contribution in [0.25, 0.3) is 5.57 Å². The highest BCUT2D eigenvalue weighted by Crippen LogP contribution is 2.37. The molecule has 168 valence electrons. The summed E-state index contributed by atoms with van der Waals surface area (Å²) in [6.07, 6.45) is 0. The topological polar surface area (TPSA) is 40.6 Å². The summed E-state index contributed by atoms with van der Waals surface area (Å²) in [4.78, 5) is 31.2. The van der Waals surface area contributed by atoms with Gasteiger partial charge in [0.1, 0.15) is 5.70 Å². The number of rotatable bonds is 6. The van der Waals surface area contributed by atoms with Gasteiger partial charge >= 0.3 is 0 Å². The largest absolute Gasteiger partial charge is 0.362 e. The second-order valence-electron chi connectivity index (χ2n) is 8.78. The van der Waals surface area contributed by atoms with Crippen LogP contribution in [-0.2, 0) is 16.1 Å². The molecule has 0 unspecified atom stereocenters. The van der Waals surface area contributed by atoms with E-state index in [9.17, 15) is 9.59 Å². The van der Waals surface area contributed by atoms with Crippen molar-refractivity contribution in [3.05, 3.63) is 106 Å². The quantitative estimate of drug-likeness (QED) is 0.462. The van der Waals surface area contributed by atoms with Crippen molar-refractivity contribution in [1.29, 1.82) is 0 Å². The molecule has 2 amide bonds. The molecule has 0 N–H and O–H groups in total. The number of nitrogens with zero attached hydrogens (tertiary/aromatic N) is 2. The smallest absolute Gasteiger partial charge is 0.282 e. The molecule has 4 nitrogen and oxygen atoms in total. The number of benzene rings is 3. The third-order valence-corrected chi connectivity index (χ3v) is 6.22. The molecule has 1 aliphatic heterocycles. The molecule has 0 radical (unpaired) electrons. The molecule has 3 aromatic carbocycles. The summed E-state index contributed by atoms with van der Waals surface area (Å²) in [6.45, 7) is 11.2. The Kier molecular flexibility index (Phi) is 6.19. The van der Waals surface area contributed by atoms with E-state index in [0.717, 1.165) is 33.4 Å². The van der Waals surface area contributed by atoms with Crippen molar-refractivity contribution < 1.29 is 9.59 Å². The normalized spacial score (nSPS) is 13.8. The molecule has 0 atom stereocenters. The summed E-state index contributed by atoms with van der Waals surface area (Å²) < 4.78 is 0. The van der Waals surface area contributed by atoms with Crippen molar-refractivity contribution in [1.82, 2.24) is 4.90 Å². The predicted molar refractivity (Wildman–Crippen MR) is 134 cm³/mol. The fraction of sp³-hybridized carbons (Fsp3) is 0.241. The van der Waals surface area contributed by atoms with Crippen molar-refractivity contribution >= 4 is 23.1 Å². The van der Waals surface area contributed by atoms with Crippen LogP contribution in [0.15, 0.2) is 72.4 Å². The Hall–Kier alpha value is -3.66. The van der Waals surface area contributed by atoms with E-state index in [1.165, 1.54) is 4.90 Å². The van der Waals surface area contributed by atoms with Crippen molar-refractivity contribution in [3.8, 4) is 0 Å². The highest BCUT2D eigenvalue weighted by atomic mass is 16.2. The lowest BCUT2D eigenvalue weighted by Crippen LogP contribution is -2.35. The van der Waals surface area contributed by atoms with Gasteiger partial charge < -0.3 is 4.90 Å². The fourth-order valence-corrected chi connectivity index (χ4v) is 4.58. The molecular weight excluding hydrogens is 408 g/mol. The summed E-state index contributed by atoms with van der Waals surface area (Å²) in [6, 6.07) is 21.9. The van der Waals surface area contributed by atoms with Crippen LogP contribution in [0.2, 0.25) is 0 Å². The zero-order valence-electron chi connectivity index (χ0n) is 20.0. The Balaban J connectivity index is 1.89. The molecule has 0 saturated carbocycles. The summed E-state index contributed by atoms with van der Waals surface area (Å²) in [5.41, 5.74) is 7.61. The first-order valence-electron chi connectivity index (χ1n) is 11.4. The summed E-state index contributed by atoms with van der Waals surface area (Å²) in [5, 5.41) is 0. The molecule has 33 heavy (non-hydrogen) atoms. The minimum atomic E-state index is -0.264. The Morgan fingerprint density at radius 2 is 1.39 bits per heavy atom. The lowest BCUT2D eigenvalue weighted by atomic mass is 9.97. The maximum absolute atomic E-state index is 13.9. The third-order valence-electron chi connectivity index (χ3n) is 6.22. The van der Waals surface area contributed by atoms with E-state index in [1.54, 1.807) is 0 Å². The van der Waals surface area contributed by atoms with Gasteiger partial charge in [0.2, 0.25) is 0 Å². The maximum Gasteiger partial charge on any atom is 0.282 e. The molecule has 0 aromatic heterocycles. The highest BCUT2D eigenvalue weighted by molar-refractivity contribution is 6.45. The van der Waals surface area contributed by atoms with Crippen LogP contribution in [0.4, 0.5) is 5.69 Å². The van der Waals surface area contributed by atoms with E-state index in [1.807, 2.05) is 100 Å². The van der Waals surface area contributed by atoms with Crippen LogP contribution < -0.4 is 4.90 Å². The van der Waals surface area contributed by atoms with Crippen LogP contribution in [0, 0.1) is 27.7 Å². The van der Waals surface area contributed by atoms with Crippen LogP contribution in [-0.4, -0.2) is 23.3 Å². The Bertz CT molecular complexity index is 1260. The number of carbonyl (C=O) groups excluding carboxylic acids is 2. The Morgan fingerprint density at radius 3 is 2.00 bits per heavy atom. The molecule has 1 heterocycles. The van der Waals surface area contributed by atoms with E-state index in [0.29, 0.717) is 30.0 Å². The average molecular weight is 439 g/mol. The monoisotopic (exact) mass is 438 g/mol. The van der Waals surface area contributed by atoms with Gasteiger partial charge in [0.05, 0.1) is 11.3 Å². The number of likely N-dealkylation sites (N-methyl/N-ethyl adjacent to an activating group) is 1. The van der Waals surface area contributed by atoms with Gasteiger partial charge in [-0.05, 0) is 62.9 Å². The van der Waals surface area contributed by atoms with Crippen molar-refractivity contribution in [2.24, 2.45) is 0 Å². The van der Waals surface area contributed by atoms with E-state index in [2.05, 4.69) is 6.07 Å². The first-order chi connectivity index (χ1) is 15.8. The first-order valence-corrected chi connectivity index (χ1v) is 11.4. The molecule has 4 heteroatoms. The van der Waals surface area contributed by atoms with E-state index < -0.39 is 0 Å². The van der Waals surface area contributed by atoms with Crippen LogP contribution >= 0.6 is 0 Å². The minimum absolute atomic E-state index is 0.264. The van der Waals surface area contributed by atoms with Gasteiger partial charge in [0.25, 0.3) is 11.8 Å². The van der Waals surface area contributed by atoms with Crippen LogP contribution in [0.5, 0.6) is 0 Å². The van der Waals surface area contributed by atoms with Gasteiger partial charge in [0, 0.05) is 13.1 Å². The number of hydrogen-bond acceptors (Lipinski definition) is 3. The van der Waals surface area contributed by atoms with Gasteiger partial charge in [-0.15, -0.1) is 0 Å². The van der Waals surface area contributed by atoms with E-state index >= 15 is 0 Å². The standard InChI is InChI=1S/C29H30N2O2/c1-6-30(18-23-10-8-7-9-11-23)27-26(24-14-12-19(2)16-21(24)4)28(32)31(29(27)33)25-15-13-20(3)17-22(25)5/h7-17H,6,18H2,1-5H3. The van der Waals surface area contributed by atoms with Crippen LogP contribution in [0.1, 0.15) is 40.3 Å². The number of hydrogen-bond donors (Lipinski definition) is 0. The molecular formula is C29H30N2O2. The van der Waals surface area contributed by atoms with E-state index in [4.69, 9.17) is 0 Å². The second-order valence-corrected chi connectivity index (χ2v) is 8.78. The second kappa shape index (κ2) is 9.07. The fourth-order valence-electron chi connectivity index (χ4n) is 4.58. The highest BCUT2D eigenvalue weighted by Gasteiger charge is 2.43. The van der Waals surface area contributed by atoms with Gasteiger partial charge in [-0.1, -0.05) is 71.8 Å². The molecule has 0 spiro atoms. The Labute approximate surface area is 196 Å². The van der Waals surface area contributed by atoms with Gasteiger partial charge in [-0.25, -0.2) is 4.90 Å². The minimum Gasteiger partial charge on any atom is -0.362 e. The molecule has 3 aromatic rings. The predicted octanol–water partition coefficient (Wildman–Crippen LogP) is 5.73. The molecule has 0 saturated heterocycles. The number of carbonyl (C=O) groups is 2. The van der Waals surface area contributed by atoms with Crippen molar-refractivity contribution in [3.63, 3.8) is 0 Å². The van der Waals surface area contributed by atoms with Gasteiger partial charge in [-0.3, -0.25) is 9.59 Å². The lowest BCUT2D eigenvalue weighted by molar-refractivity contribution is -0.120.